The molecule has 1 saturated carbocycles. The fourth-order valence-electron chi connectivity index (χ4n) is 3.20. The summed E-state index contributed by atoms with van der Waals surface area (Å²) in [6, 6.07) is 4.85. The molecule has 1 fully saturated rings. The van der Waals surface area contributed by atoms with Crippen molar-refractivity contribution in [2.45, 2.75) is 52.5 Å². The molecule has 1 aliphatic carbocycles. The Morgan fingerprint density at radius 3 is 2.70 bits per heavy atom. The van der Waals surface area contributed by atoms with Gasteiger partial charge in [-0.1, -0.05) is 38.3 Å². The van der Waals surface area contributed by atoms with Crippen LogP contribution in [0.1, 0.15) is 55.5 Å². The highest BCUT2D eigenvalue weighted by atomic mass is 19.1. The van der Waals surface area contributed by atoms with Crippen molar-refractivity contribution in [3.8, 4) is 0 Å². The van der Waals surface area contributed by atoms with Gasteiger partial charge in [-0.2, -0.15) is 0 Å². The highest BCUT2D eigenvalue weighted by Gasteiger charge is 2.29. The van der Waals surface area contributed by atoms with E-state index in [4.69, 9.17) is 0 Å². The third-order valence-electron chi connectivity index (χ3n) is 4.36. The monoisotopic (exact) mass is 277 g/mol. The SMILES string of the molecule is Cc1ccc(F)c(C(=O)NC2CCCCC2C(C)C)c1. The molecular weight excluding hydrogens is 253 g/mol. The van der Waals surface area contributed by atoms with Gasteiger partial charge in [-0.05, 0) is 43.7 Å². The van der Waals surface area contributed by atoms with Crippen LogP contribution in [0.2, 0.25) is 0 Å². The van der Waals surface area contributed by atoms with Gasteiger partial charge in [-0.15, -0.1) is 0 Å². The van der Waals surface area contributed by atoms with Crippen molar-refractivity contribution in [3.63, 3.8) is 0 Å². The predicted molar refractivity (Wildman–Crippen MR) is 79.2 cm³/mol. The Bertz CT molecular complexity index is 484. The highest BCUT2D eigenvalue weighted by molar-refractivity contribution is 5.94. The van der Waals surface area contributed by atoms with Gasteiger partial charge in [0.25, 0.3) is 5.91 Å². The maximum atomic E-state index is 13.8. The van der Waals surface area contributed by atoms with Gasteiger partial charge in [0, 0.05) is 6.04 Å². The molecule has 0 aromatic heterocycles. The van der Waals surface area contributed by atoms with E-state index in [0.29, 0.717) is 11.8 Å². The molecule has 0 aliphatic heterocycles. The van der Waals surface area contributed by atoms with Crippen molar-refractivity contribution in [2.75, 3.05) is 0 Å². The van der Waals surface area contributed by atoms with Crippen LogP contribution in [0.5, 0.6) is 0 Å². The maximum Gasteiger partial charge on any atom is 0.254 e. The topological polar surface area (TPSA) is 29.1 Å². The Morgan fingerprint density at radius 1 is 1.30 bits per heavy atom. The minimum absolute atomic E-state index is 0.165. The summed E-state index contributed by atoms with van der Waals surface area (Å²) in [5, 5.41) is 3.06. The van der Waals surface area contributed by atoms with Crippen LogP contribution in [0, 0.1) is 24.6 Å². The van der Waals surface area contributed by atoms with Gasteiger partial charge in [0.1, 0.15) is 5.82 Å². The van der Waals surface area contributed by atoms with Crippen molar-refractivity contribution in [1.82, 2.24) is 5.32 Å². The molecule has 1 aromatic rings. The maximum absolute atomic E-state index is 13.8. The largest absolute Gasteiger partial charge is 0.349 e. The Labute approximate surface area is 120 Å². The number of hydrogen-bond acceptors (Lipinski definition) is 1. The van der Waals surface area contributed by atoms with E-state index in [9.17, 15) is 9.18 Å². The van der Waals surface area contributed by atoms with Crippen LogP contribution in [-0.2, 0) is 0 Å². The summed E-state index contributed by atoms with van der Waals surface area (Å²) in [4.78, 5) is 12.3. The lowest BCUT2D eigenvalue weighted by Crippen LogP contribution is -2.44. The first-order chi connectivity index (χ1) is 9.49. The van der Waals surface area contributed by atoms with Crippen LogP contribution in [0.3, 0.4) is 0 Å². The van der Waals surface area contributed by atoms with Gasteiger partial charge in [-0.3, -0.25) is 4.79 Å². The van der Waals surface area contributed by atoms with E-state index in [2.05, 4.69) is 19.2 Å². The molecule has 1 amide bonds. The number of carbonyl (C=O) groups excluding carboxylic acids is 1. The van der Waals surface area contributed by atoms with Crippen molar-refractivity contribution < 1.29 is 9.18 Å². The summed E-state index contributed by atoms with van der Waals surface area (Å²) < 4.78 is 13.8. The van der Waals surface area contributed by atoms with E-state index in [-0.39, 0.29) is 17.5 Å². The first kappa shape index (κ1) is 15.0. The van der Waals surface area contributed by atoms with E-state index in [1.165, 1.54) is 12.5 Å². The molecule has 0 bridgehead atoms. The first-order valence-electron chi connectivity index (χ1n) is 7.56. The smallest absolute Gasteiger partial charge is 0.254 e. The molecule has 0 saturated heterocycles. The normalized spacial score (nSPS) is 22.9. The van der Waals surface area contributed by atoms with Crippen LogP contribution in [0.25, 0.3) is 0 Å². The number of hydrogen-bond donors (Lipinski definition) is 1. The molecule has 2 unspecified atom stereocenters. The van der Waals surface area contributed by atoms with Crippen molar-refractivity contribution in [3.05, 3.63) is 35.1 Å². The zero-order valence-corrected chi connectivity index (χ0v) is 12.6. The summed E-state index contributed by atoms with van der Waals surface area (Å²) in [5.74, 6) is 0.331. The summed E-state index contributed by atoms with van der Waals surface area (Å²) in [6.45, 7) is 6.26. The number of aryl methyl sites for hydroxylation is 1. The summed E-state index contributed by atoms with van der Waals surface area (Å²) in [5.41, 5.74) is 1.07. The third kappa shape index (κ3) is 3.38. The molecule has 2 nitrogen and oxygen atoms in total. The van der Waals surface area contributed by atoms with Crippen LogP contribution < -0.4 is 5.32 Å². The van der Waals surface area contributed by atoms with Crippen molar-refractivity contribution in [1.29, 1.82) is 0 Å². The molecule has 20 heavy (non-hydrogen) atoms. The number of benzene rings is 1. The molecule has 3 heteroatoms. The fourth-order valence-corrected chi connectivity index (χ4v) is 3.20. The van der Waals surface area contributed by atoms with E-state index >= 15 is 0 Å². The number of nitrogens with one attached hydrogen (secondary N) is 1. The molecule has 110 valence electrons. The third-order valence-corrected chi connectivity index (χ3v) is 4.36. The average Bonchev–Trinajstić information content (AvgIpc) is 2.41. The molecule has 2 rings (SSSR count). The molecule has 0 spiro atoms. The zero-order valence-electron chi connectivity index (χ0n) is 12.6. The molecule has 0 heterocycles. The van der Waals surface area contributed by atoms with E-state index in [0.717, 1.165) is 24.8 Å². The fraction of sp³-hybridized carbons (Fsp3) is 0.588. The lowest BCUT2D eigenvalue weighted by Gasteiger charge is -2.35. The van der Waals surface area contributed by atoms with Gasteiger partial charge >= 0.3 is 0 Å². The predicted octanol–water partition coefficient (Wildman–Crippen LogP) is 4.08. The summed E-state index contributed by atoms with van der Waals surface area (Å²) in [7, 11) is 0. The van der Waals surface area contributed by atoms with Crippen LogP contribution >= 0.6 is 0 Å². The number of carbonyl (C=O) groups is 1. The lowest BCUT2D eigenvalue weighted by molar-refractivity contribution is 0.0885. The molecule has 1 aliphatic rings. The van der Waals surface area contributed by atoms with Gasteiger partial charge in [-0.25, -0.2) is 4.39 Å². The quantitative estimate of drug-likeness (QED) is 0.886. The average molecular weight is 277 g/mol. The lowest BCUT2D eigenvalue weighted by atomic mass is 9.78. The number of halogens is 1. The second kappa shape index (κ2) is 6.38. The summed E-state index contributed by atoms with van der Waals surface area (Å²) >= 11 is 0. The Balaban J connectivity index is 2.11. The summed E-state index contributed by atoms with van der Waals surface area (Å²) in [6.07, 6.45) is 4.53. The number of rotatable bonds is 3. The Kier molecular flexibility index (Phi) is 4.79. The molecule has 0 radical (unpaired) electrons. The highest BCUT2D eigenvalue weighted by Crippen LogP contribution is 2.30. The second-order valence-corrected chi connectivity index (χ2v) is 6.26. The molecule has 1 N–H and O–H groups in total. The van der Waals surface area contributed by atoms with Crippen molar-refractivity contribution in [2.24, 2.45) is 11.8 Å². The standard InChI is InChI=1S/C17H24FNO/c1-11(2)13-6-4-5-7-16(13)19-17(20)14-10-12(3)8-9-15(14)18/h8-11,13,16H,4-7H2,1-3H3,(H,19,20). The van der Waals surface area contributed by atoms with E-state index < -0.39 is 5.82 Å². The number of amides is 1. The van der Waals surface area contributed by atoms with E-state index in [1.54, 1.807) is 12.1 Å². The van der Waals surface area contributed by atoms with Crippen LogP contribution in [-0.4, -0.2) is 11.9 Å². The van der Waals surface area contributed by atoms with E-state index in [1.807, 2.05) is 6.92 Å². The van der Waals surface area contributed by atoms with Crippen molar-refractivity contribution >= 4 is 5.91 Å². The van der Waals surface area contributed by atoms with Gasteiger partial charge in [0.2, 0.25) is 0 Å². The van der Waals surface area contributed by atoms with Crippen LogP contribution in [0.4, 0.5) is 4.39 Å². The van der Waals surface area contributed by atoms with Gasteiger partial charge < -0.3 is 5.32 Å². The minimum atomic E-state index is -0.440. The minimum Gasteiger partial charge on any atom is -0.349 e. The molecule has 2 atom stereocenters. The molecule has 1 aromatic carbocycles. The first-order valence-corrected chi connectivity index (χ1v) is 7.56. The second-order valence-electron chi connectivity index (χ2n) is 6.26. The molecular formula is C17H24FNO. The van der Waals surface area contributed by atoms with Gasteiger partial charge in [0.05, 0.1) is 5.56 Å². The Morgan fingerprint density at radius 2 is 2.00 bits per heavy atom. The van der Waals surface area contributed by atoms with Crippen LogP contribution in [0.15, 0.2) is 18.2 Å². The van der Waals surface area contributed by atoms with Gasteiger partial charge in [0.15, 0.2) is 0 Å². The zero-order chi connectivity index (χ0) is 14.7. The Hall–Kier alpha value is -1.38.